The van der Waals surface area contributed by atoms with E-state index in [-0.39, 0.29) is 11.9 Å². The van der Waals surface area contributed by atoms with Crippen LogP contribution in [0.25, 0.3) is 16.8 Å². The minimum Gasteiger partial charge on any atom is -0.494 e. The molecule has 1 atom stereocenters. The number of hydrogen-bond acceptors (Lipinski definition) is 6. The molecule has 2 heterocycles. The molecule has 0 bridgehead atoms. The Morgan fingerprint density at radius 1 is 1.33 bits per heavy atom. The first kappa shape index (κ1) is 17.1. The van der Waals surface area contributed by atoms with Crippen LogP contribution >= 0.6 is 0 Å². The van der Waals surface area contributed by atoms with Gasteiger partial charge in [0.25, 0.3) is 0 Å². The van der Waals surface area contributed by atoms with Gasteiger partial charge >= 0.3 is 0 Å². The van der Waals surface area contributed by atoms with Gasteiger partial charge in [-0.2, -0.15) is 10.4 Å². The van der Waals surface area contributed by atoms with Gasteiger partial charge in [-0.3, -0.25) is 0 Å². The van der Waals surface area contributed by atoms with Crippen molar-refractivity contribution >= 4 is 5.82 Å². The molecule has 7 nitrogen and oxygen atoms in total. The quantitative estimate of drug-likeness (QED) is 0.740. The molecule has 2 aromatic heterocycles. The molecule has 0 amide bonds. The van der Waals surface area contributed by atoms with Crippen LogP contribution in [0.1, 0.15) is 23.2 Å². The first-order chi connectivity index (χ1) is 13.1. The second-order valence-corrected chi connectivity index (χ2v) is 6.63. The first-order valence-electron chi connectivity index (χ1n) is 8.77. The molecule has 1 aliphatic carbocycles. The smallest absolute Gasteiger partial charge is 0.144 e. The lowest BCUT2D eigenvalue weighted by Gasteiger charge is -2.24. The van der Waals surface area contributed by atoms with Crippen molar-refractivity contribution in [3.05, 3.63) is 53.5 Å². The van der Waals surface area contributed by atoms with Crippen LogP contribution in [0.4, 0.5) is 5.82 Å². The molecule has 0 spiro atoms. The largest absolute Gasteiger partial charge is 0.494 e. The second kappa shape index (κ2) is 6.74. The predicted octanol–water partition coefficient (Wildman–Crippen LogP) is 2.21. The topological polar surface area (TPSA) is 116 Å². The fourth-order valence-corrected chi connectivity index (χ4v) is 3.64. The predicted molar refractivity (Wildman–Crippen MR) is 102 cm³/mol. The minimum absolute atomic E-state index is 0.0532. The van der Waals surface area contributed by atoms with E-state index in [1.54, 1.807) is 18.0 Å². The van der Waals surface area contributed by atoms with Gasteiger partial charge in [-0.15, -0.1) is 0 Å². The number of fused-ring (bicyclic) bond motifs is 1. The van der Waals surface area contributed by atoms with E-state index in [4.69, 9.17) is 16.2 Å². The maximum Gasteiger partial charge on any atom is 0.144 e. The van der Waals surface area contributed by atoms with Crippen LogP contribution in [0.3, 0.4) is 0 Å². The van der Waals surface area contributed by atoms with Crippen LogP contribution in [0, 0.1) is 11.3 Å². The summed E-state index contributed by atoms with van der Waals surface area (Å²) in [6.45, 7) is 0. The molecule has 1 aromatic carbocycles. The van der Waals surface area contributed by atoms with Gasteiger partial charge in [0.05, 0.1) is 13.3 Å². The number of hydrogen-bond donors (Lipinski definition) is 2. The lowest BCUT2D eigenvalue weighted by Crippen LogP contribution is -2.29. The molecule has 4 N–H and O–H groups in total. The summed E-state index contributed by atoms with van der Waals surface area (Å²) in [6.07, 6.45) is 5.92. The van der Waals surface area contributed by atoms with Gasteiger partial charge in [-0.05, 0) is 37.0 Å². The average Bonchev–Trinajstić information content (AvgIpc) is 3.16. The van der Waals surface area contributed by atoms with E-state index in [1.165, 1.54) is 0 Å². The van der Waals surface area contributed by atoms with Crippen LogP contribution in [-0.4, -0.2) is 27.9 Å². The number of nitrogen functional groups attached to an aromatic ring is 1. The molecule has 0 unspecified atom stereocenters. The van der Waals surface area contributed by atoms with E-state index in [9.17, 15) is 5.26 Å². The van der Waals surface area contributed by atoms with E-state index < -0.39 is 0 Å². The summed E-state index contributed by atoms with van der Waals surface area (Å²) in [5.41, 5.74) is 17.0. The summed E-state index contributed by atoms with van der Waals surface area (Å²) in [4.78, 5) is 4.45. The third-order valence-electron chi connectivity index (χ3n) is 4.94. The molecular weight excluding hydrogens is 340 g/mol. The molecule has 136 valence electrons. The highest BCUT2D eigenvalue weighted by molar-refractivity contribution is 5.79. The van der Waals surface area contributed by atoms with Gasteiger partial charge in [0.2, 0.25) is 0 Å². The monoisotopic (exact) mass is 360 g/mol. The normalized spacial score (nSPS) is 15.8. The standard InChI is InChI=1S/C20H20N6O/c1-27-18-5-3-2-4-17(18)26-11-12(10-24-26)19-14-8-13(22)6-7-16(14)25-20(23)15(19)9-21/h2-5,10-11,13H,6-8,22H2,1H3,(H2,23,25)/t13-/m0/s1. The van der Waals surface area contributed by atoms with E-state index in [2.05, 4.69) is 16.2 Å². The Labute approximate surface area is 157 Å². The first-order valence-corrected chi connectivity index (χ1v) is 8.77. The Bertz CT molecular complexity index is 1050. The van der Waals surface area contributed by atoms with Gasteiger partial charge < -0.3 is 16.2 Å². The van der Waals surface area contributed by atoms with Crippen molar-refractivity contribution in [2.45, 2.75) is 25.3 Å². The maximum atomic E-state index is 9.69. The van der Waals surface area contributed by atoms with Crippen molar-refractivity contribution in [3.8, 4) is 28.6 Å². The molecule has 0 saturated carbocycles. The number of para-hydroxylation sites is 2. The van der Waals surface area contributed by atoms with Gasteiger partial charge in [0.1, 0.15) is 28.9 Å². The molecule has 0 radical (unpaired) electrons. The zero-order chi connectivity index (χ0) is 19.0. The van der Waals surface area contributed by atoms with Crippen molar-refractivity contribution in [2.75, 3.05) is 12.8 Å². The molecular formula is C20H20N6O. The van der Waals surface area contributed by atoms with Gasteiger partial charge in [-0.1, -0.05) is 12.1 Å². The fraction of sp³-hybridized carbons (Fsp3) is 0.250. The highest BCUT2D eigenvalue weighted by atomic mass is 16.5. The number of aromatic nitrogens is 3. The zero-order valence-electron chi connectivity index (χ0n) is 15.0. The fourth-order valence-electron chi connectivity index (χ4n) is 3.64. The van der Waals surface area contributed by atoms with E-state index in [1.807, 2.05) is 30.5 Å². The molecule has 0 aliphatic heterocycles. The highest BCUT2D eigenvalue weighted by Crippen LogP contribution is 2.36. The Kier molecular flexibility index (Phi) is 4.26. The number of rotatable bonds is 3. The summed E-state index contributed by atoms with van der Waals surface area (Å²) in [7, 11) is 1.62. The van der Waals surface area contributed by atoms with Crippen LogP contribution in [0.15, 0.2) is 36.7 Å². The Morgan fingerprint density at radius 3 is 2.93 bits per heavy atom. The summed E-state index contributed by atoms with van der Waals surface area (Å²) < 4.78 is 7.16. The second-order valence-electron chi connectivity index (χ2n) is 6.63. The summed E-state index contributed by atoms with van der Waals surface area (Å²) in [5, 5.41) is 14.2. The lowest BCUT2D eigenvalue weighted by atomic mass is 9.85. The third kappa shape index (κ3) is 2.90. The van der Waals surface area contributed by atoms with Crippen LogP contribution in [0.5, 0.6) is 5.75 Å². The molecule has 27 heavy (non-hydrogen) atoms. The number of aryl methyl sites for hydroxylation is 1. The van der Waals surface area contributed by atoms with Gasteiger partial charge in [0.15, 0.2) is 0 Å². The van der Waals surface area contributed by atoms with Crippen molar-refractivity contribution in [1.29, 1.82) is 5.26 Å². The van der Waals surface area contributed by atoms with E-state index in [0.717, 1.165) is 40.9 Å². The Balaban J connectivity index is 1.89. The lowest BCUT2D eigenvalue weighted by molar-refractivity contribution is 0.411. The molecule has 3 aromatic rings. The number of methoxy groups -OCH3 is 1. The molecule has 7 heteroatoms. The number of pyridine rings is 1. The number of nitrogens with two attached hydrogens (primary N) is 2. The Hall–Kier alpha value is -3.37. The van der Waals surface area contributed by atoms with Crippen LogP contribution in [-0.2, 0) is 12.8 Å². The van der Waals surface area contributed by atoms with Crippen LogP contribution in [0.2, 0.25) is 0 Å². The number of anilines is 1. The number of ether oxygens (including phenoxy) is 1. The van der Waals surface area contributed by atoms with Crippen molar-refractivity contribution in [1.82, 2.24) is 14.8 Å². The van der Waals surface area contributed by atoms with Crippen LogP contribution < -0.4 is 16.2 Å². The molecule has 4 rings (SSSR count). The van der Waals surface area contributed by atoms with Gasteiger partial charge in [0, 0.05) is 29.1 Å². The van der Waals surface area contributed by atoms with E-state index in [0.29, 0.717) is 17.7 Å². The molecule has 0 fully saturated rings. The Morgan fingerprint density at radius 2 is 2.15 bits per heavy atom. The number of benzene rings is 1. The average molecular weight is 360 g/mol. The highest BCUT2D eigenvalue weighted by Gasteiger charge is 2.25. The number of nitrogens with zero attached hydrogens (tertiary/aromatic N) is 4. The molecule has 0 saturated heterocycles. The van der Waals surface area contributed by atoms with Crippen molar-refractivity contribution in [3.63, 3.8) is 0 Å². The van der Waals surface area contributed by atoms with Crippen molar-refractivity contribution < 1.29 is 4.74 Å². The third-order valence-corrected chi connectivity index (χ3v) is 4.94. The summed E-state index contributed by atoms with van der Waals surface area (Å²) in [6, 6.07) is 9.89. The summed E-state index contributed by atoms with van der Waals surface area (Å²) >= 11 is 0. The van der Waals surface area contributed by atoms with Gasteiger partial charge in [-0.25, -0.2) is 9.67 Å². The SMILES string of the molecule is COc1ccccc1-n1cc(-c2c(C#N)c(N)nc3c2C[C@@H](N)CC3)cn1. The number of nitriles is 1. The zero-order valence-corrected chi connectivity index (χ0v) is 15.0. The minimum atomic E-state index is 0.0532. The summed E-state index contributed by atoms with van der Waals surface area (Å²) in [5.74, 6) is 0.970. The molecule has 1 aliphatic rings. The maximum absolute atomic E-state index is 9.69. The van der Waals surface area contributed by atoms with E-state index >= 15 is 0 Å². The van der Waals surface area contributed by atoms with Crippen molar-refractivity contribution in [2.24, 2.45) is 5.73 Å².